The topological polar surface area (TPSA) is 99.4 Å². The summed E-state index contributed by atoms with van der Waals surface area (Å²) in [6.45, 7) is 1.01. The maximum absolute atomic E-state index is 10.4. The Hall–Kier alpha value is -1.95. The number of rotatable bonds is 4. The van der Waals surface area contributed by atoms with Gasteiger partial charge in [0.15, 0.2) is 0 Å². The zero-order valence-corrected chi connectivity index (χ0v) is 18.3. The zero-order valence-electron chi connectivity index (χ0n) is 17.5. The standard InChI is InChI=1S/C25H27ClO6/c26-20-8-7-18(25-24(30)23(29)22(28)21(13-27)32-25)12-19(20)11-16-4-1-15(2-5-16)3-6-17-9-10-31-14-17/h1-2,4-5,7-8,12,17,21-25,27-30H,9-11,13-14H2/t17-,21?,22-,23+,24-,25?/m1/s1. The lowest BCUT2D eigenvalue weighted by Gasteiger charge is -2.40. The summed E-state index contributed by atoms with van der Waals surface area (Å²) in [6, 6.07) is 13.2. The summed E-state index contributed by atoms with van der Waals surface area (Å²) >= 11 is 6.42. The van der Waals surface area contributed by atoms with E-state index in [9.17, 15) is 20.4 Å². The number of hydrogen-bond donors (Lipinski definition) is 4. The molecule has 6 nitrogen and oxygen atoms in total. The summed E-state index contributed by atoms with van der Waals surface area (Å²) < 4.78 is 11.0. The molecule has 0 saturated carbocycles. The monoisotopic (exact) mass is 458 g/mol. The van der Waals surface area contributed by atoms with Crippen molar-refractivity contribution in [3.8, 4) is 11.8 Å². The second-order valence-corrected chi connectivity index (χ2v) is 8.71. The van der Waals surface area contributed by atoms with Crippen LogP contribution in [0.1, 0.15) is 34.8 Å². The first-order chi connectivity index (χ1) is 15.5. The van der Waals surface area contributed by atoms with Crippen LogP contribution in [0, 0.1) is 17.8 Å². The summed E-state index contributed by atoms with van der Waals surface area (Å²) in [4.78, 5) is 0. The second-order valence-electron chi connectivity index (χ2n) is 8.30. The SMILES string of the molecule is OCC1OC(c2ccc(Cl)c(Cc3ccc(C#C[C@@H]4CCOC4)cc3)c2)[C@H](O)[C@@H](O)[C@@H]1O. The van der Waals surface area contributed by atoms with E-state index in [4.69, 9.17) is 21.1 Å². The van der Waals surface area contributed by atoms with E-state index in [-0.39, 0.29) is 0 Å². The molecule has 2 aromatic carbocycles. The van der Waals surface area contributed by atoms with Gasteiger partial charge in [-0.3, -0.25) is 0 Å². The lowest BCUT2D eigenvalue weighted by atomic mass is 9.90. The smallest absolute Gasteiger partial charge is 0.113 e. The lowest BCUT2D eigenvalue weighted by molar-refractivity contribution is -0.231. The molecule has 170 valence electrons. The van der Waals surface area contributed by atoms with Crippen molar-refractivity contribution in [1.29, 1.82) is 0 Å². The Morgan fingerprint density at radius 3 is 2.47 bits per heavy atom. The van der Waals surface area contributed by atoms with Gasteiger partial charge in [0, 0.05) is 23.1 Å². The number of hydrogen-bond acceptors (Lipinski definition) is 6. The van der Waals surface area contributed by atoms with Crippen LogP contribution in [-0.4, -0.2) is 64.7 Å². The maximum atomic E-state index is 10.4. The van der Waals surface area contributed by atoms with E-state index in [1.165, 1.54) is 0 Å². The molecule has 2 unspecified atom stereocenters. The van der Waals surface area contributed by atoms with Gasteiger partial charge in [-0.2, -0.15) is 0 Å². The number of halogens is 1. The molecule has 0 aliphatic carbocycles. The highest BCUT2D eigenvalue weighted by Crippen LogP contribution is 2.34. The zero-order chi connectivity index (χ0) is 22.7. The molecule has 7 heteroatoms. The van der Waals surface area contributed by atoms with E-state index in [0.717, 1.165) is 29.7 Å². The van der Waals surface area contributed by atoms with Crippen molar-refractivity contribution in [3.63, 3.8) is 0 Å². The molecule has 2 aliphatic rings. The lowest BCUT2D eigenvalue weighted by Crippen LogP contribution is -2.55. The van der Waals surface area contributed by atoms with Gasteiger partial charge in [-0.1, -0.05) is 47.7 Å². The first-order valence-corrected chi connectivity index (χ1v) is 11.1. The van der Waals surface area contributed by atoms with E-state index in [2.05, 4.69) is 11.8 Å². The van der Waals surface area contributed by atoms with Crippen LogP contribution in [0.5, 0.6) is 0 Å². The predicted octanol–water partition coefficient (Wildman–Crippen LogP) is 1.83. The van der Waals surface area contributed by atoms with Gasteiger partial charge in [-0.05, 0) is 47.7 Å². The van der Waals surface area contributed by atoms with Crippen molar-refractivity contribution >= 4 is 11.6 Å². The fourth-order valence-corrected chi connectivity index (χ4v) is 4.23. The maximum Gasteiger partial charge on any atom is 0.113 e. The number of aliphatic hydroxyl groups is 4. The van der Waals surface area contributed by atoms with Gasteiger partial charge in [-0.25, -0.2) is 0 Å². The molecule has 2 aliphatic heterocycles. The van der Waals surface area contributed by atoms with Crippen LogP contribution in [-0.2, 0) is 15.9 Å². The molecular weight excluding hydrogens is 432 g/mol. The Morgan fingerprint density at radius 2 is 1.78 bits per heavy atom. The minimum absolute atomic E-state index is 0.304. The molecule has 0 aromatic heterocycles. The summed E-state index contributed by atoms with van der Waals surface area (Å²) in [5.41, 5.74) is 3.44. The molecule has 4 rings (SSSR count). The van der Waals surface area contributed by atoms with Gasteiger partial charge in [0.05, 0.1) is 13.2 Å². The van der Waals surface area contributed by atoms with Gasteiger partial charge in [0.1, 0.15) is 30.5 Å². The van der Waals surface area contributed by atoms with E-state index in [0.29, 0.717) is 29.5 Å². The Balaban J connectivity index is 1.49. The molecule has 0 radical (unpaired) electrons. The number of benzene rings is 2. The van der Waals surface area contributed by atoms with Crippen LogP contribution in [0.15, 0.2) is 42.5 Å². The van der Waals surface area contributed by atoms with Crippen molar-refractivity contribution in [2.24, 2.45) is 5.92 Å². The predicted molar refractivity (Wildman–Crippen MR) is 119 cm³/mol. The van der Waals surface area contributed by atoms with Crippen LogP contribution in [0.25, 0.3) is 0 Å². The molecule has 2 aromatic rings. The first kappa shape index (κ1) is 23.2. The Morgan fingerprint density at radius 1 is 1.00 bits per heavy atom. The van der Waals surface area contributed by atoms with Crippen LogP contribution in [0.3, 0.4) is 0 Å². The number of ether oxygens (including phenoxy) is 2. The molecule has 2 fully saturated rings. The van der Waals surface area contributed by atoms with Crippen molar-refractivity contribution < 1.29 is 29.9 Å². The summed E-state index contributed by atoms with van der Waals surface area (Å²) in [5, 5.41) is 40.5. The van der Waals surface area contributed by atoms with Crippen LogP contribution < -0.4 is 0 Å². The van der Waals surface area contributed by atoms with Crippen molar-refractivity contribution in [2.75, 3.05) is 19.8 Å². The first-order valence-electron chi connectivity index (χ1n) is 10.7. The minimum Gasteiger partial charge on any atom is -0.394 e. The van der Waals surface area contributed by atoms with Crippen LogP contribution in [0.2, 0.25) is 5.02 Å². The van der Waals surface area contributed by atoms with E-state index >= 15 is 0 Å². The fraction of sp³-hybridized carbons (Fsp3) is 0.440. The van der Waals surface area contributed by atoms with E-state index in [1.807, 2.05) is 30.3 Å². The third-order valence-electron chi connectivity index (χ3n) is 5.99. The third-order valence-corrected chi connectivity index (χ3v) is 6.36. The summed E-state index contributed by atoms with van der Waals surface area (Å²) in [5.74, 6) is 6.75. The molecule has 2 heterocycles. The van der Waals surface area contributed by atoms with Crippen LogP contribution in [0.4, 0.5) is 0 Å². The quantitative estimate of drug-likeness (QED) is 0.522. The largest absolute Gasteiger partial charge is 0.394 e. The minimum atomic E-state index is -1.42. The molecule has 0 spiro atoms. The van der Waals surface area contributed by atoms with Gasteiger partial charge in [-0.15, -0.1) is 0 Å². The fourth-order valence-electron chi connectivity index (χ4n) is 4.04. The highest BCUT2D eigenvalue weighted by Gasteiger charge is 2.44. The third kappa shape index (κ3) is 5.16. The molecule has 6 atom stereocenters. The highest BCUT2D eigenvalue weighted by atomic mass is 35.5. The van der Waals surface area contributed by atoms with Crippen LogP contribution >= 0.6 is 11.6 Å². The molecule has 0 bridgehead atoms. The van der Waals surface area contributed by atoms with E-state index < -0.39 is 37.1 Å². The second kappa shape index (κ2) is 10.3. The van der Waals surface area contributed by atoms with Gasteiger partial charge < -0.3 is 29.9 Å². The number of aliphatic hydroxyl groups excluding tert-OH is 4. The van der Waals surface area contributed by atoms with Gasteiger partial charge in [0.2, 0.25) is 0 Å². The van der Waals surface area contributed by atoms with E-state index in [1.54, 1.807) is 12.1 Å². The summed E-state index contributed by atoms with van der Waals surface area (Å²) in [6.07, 6.45) is -4.44. The highest BCUT2D eigenvalue weighted by molar-refractivity contribution is 6.31. The summed E-state index contributed by atoms with van der Waals surface area (Å²) in [7, 11) is 0. The molecule has 2 saturated heterocycles. The Kier molecular flexibility index (Phi) is 7.49. The molecule has 0 amide bonds. The van der Waals surface area contributed by atoms with Gasteiger partial charge in [0.25, 0.3) is 0 Å². The Bertz CT molecular complexity index is 974. The average molecular weight is 459 g/mol. The average Bonchev–Trinajstić information content (AvgIpc) is 3.33. The van der Waals surface area contributed by atoms with Gasteiger partial charge >= 0.3 is 0 Å². The Labute approximate surface area is 192 Å². The molecular formula is C25H27ClO6. The van der Waals surface area contributed by atoms with Crippen molar-refractivity contribution in [1.82, 2.24) is 0 Å². The van der Waals surface area contributed by atoms with Crippen molar-refractivity contribution in [2.45, 2.75) is 43.4 Å². The normalized spacial score (nSPS) is 30.0. The molecule has 4 N–H and O–H groups in total. The van der Waals surface area contributed by atoms with Crippen molar-refractivity contribution in [3.05, 3.63) is 69.7 Å². The molecule has 32 heavy (non-hydrogen) atoms.